The van der Waals surface area contributed by atoms with Crippen molar-refractivity contribution in [1.82, 2.24) is 4.90 Å². The number of hydrogen-bond acceptors (Lipinski definition) is 3. The summed E-state index contributed by atoms with van der Waals surface area (Å²) in [4.78, 5) is 2.40. The van der Waals surface area contributed by atoms with E-state index in [1.807, 2.05) is 6.92 Å². The molecule has 0 spiro atoms. The van der Waals surface area contributed by atoms with Gasteiger partial charge in [-0.1, -0.05) is 27.2 Å². The van der Waals surface area contributed by atoms with E-state index in [0.29, 0.717) is 12.6 Å². The van der Waals surface area contributed by atoms with Crippen LogP contribution in [0.1, 0.15) is 47.0 Å². The maximum atomic E-state index is 10.4. The van der Waals surface area contributed by atoms with Crippen LogP contribution in [0.2, 0.25) is 0 Å². The van der Waals surface area contributed by atoms with Crippen molar-refractivity contribution in [3.8, 4) is 0 Å². The molecule has 3 heteroatoms. The maximum absolute atomic E-state index is 10.4. The van der Waals surface area contributed by atoms with Crippen LogP contribution in [0, 0.1) is 11.8 Å². The summed E-state index contributed by atoms with van der Waals surface area (Å²) >= 11 is 0. The molecule has 3 N–H and O–H groups in total. The molecule has 1 saturated heterocycles. The summed E-state index contributed by atoms with van der Waals surface area (Å²) in [5.41, 5.74) is 5.28. The molecule has 0 aromatic rings. The zero-order valence-corrected chi connectivity index (χ0v) is 11.9. The molecule has 0 aromatic heterocycles. The molecule has 17 heavy (non-hydrogen) atoms. The van der Waals surface area contributed by atoms with Gasteiger partial charge in [-0.05, 0) is 38.1 Å². The van der Waals surface area contributed by atoms with E-state index < -0.39 is 5.60 Å². The lowest BCUT2D eigenvalue weighted by molar-refractivity contribution is -0.0397. The monoisotopic (exact) mass is 242 g/mol. The summed E-state index contributed by atoms with van der Waals surface area (Å²) in [6, 6.07) is 0.457. The van der Waals surface area contributed by atoms with Crippen molar-refractivity contribution >= 4 is 0 Å². The minimum absolute atomic E-state index is 0.282. The average molecular weight is 242 g/mol. The van der Waals surface area contributed by atoms with Gasteiger partial charge in [-0.25, -0.2) is 0 Å². The predicted octanol–water partition coefficient (Wildman–Crippen LogP) is 1.84. The number of piperidine rings is 1. The van der Waals surface area contributed by atoms with Crippen molar-refractivity contribution in [2.45, 2.75) is 58.6 Å². The number of likely N-dealkylation sites (tertiary alicyclic amines) is 1. The molecule has 0 radical (unpaired) electrons. The van der Waals surface area contributed by atoms with Crippen molar-refractivity contribution < 1.29 is 5.11 Å². The number of rotatable bonds is 5. The van der Waals surface area contributed by atoms with Gasteiger partial charge in [0.05, 0.1) is 5.60 Å². The summed E-state index contributed by atoms with van der Waals surface area (Å²) in [7, 11) is 0. The third kappa shape index (κ3) is 3.94. The summed E-state index contributed by atoms with van der Waals surface area (Å²) in [5.74, 6) is 1.11. The van der Waals surface area contributed by atoms with Crippen LogP contribution in [-0.4, -0.2) is 41.3 Å². The summed E-state index contributed by atoms with van der Waals surface area (Å²) in [6.45, 7) is 10.9. The smallest absolute Gasteiger partial charge is 0.0768 e. The fourth-order valence-corrected chi connectivity index (χ4v) is 2.60. The van der Waals surface area contributed by atoms with Gasteiger partial charge in [-0.2, -0.15) is 0 Å². The van der Waals surface area contributed by atoms with E-state index in [9.17, 15) is 5.11 Å². The lowest BCUT2D eigenvalue weighted by Gasteiger charge is -2.43. The summed E-state index contributed by atoms with van der Waals surface area (Å²) < 4.78 is 0. The third-order valence-corrected chi connectivity index (χ3v) is 4.56. The van der Waals surface area contributed by atoms with Gasteiger partial charge in [0, 0.05) is 19.1 Å². The Balaban J connectivity index is 2.58. The number of aliphatic hydroxyl groups is 1. The second kappa shape index (κ2) is 6.17. The maximum Gasteiger partial charge on any atom is 0.0768 e. The van der Waals surface area contributed by atoms with E-state index in [0.717, 1.165) is 19.0 Å². The summed E-state index contributed by atoms with van der Waals surface area (Å²) in [5, 5.41) is 10.4. The highest BCUT2D eigenvalue weighted by molar-refractivity contribution is 4.88. The molecule has 102 valence electrons. The van der Waals surface area contributed by atoms with E-state index in [2.05, 4.69) is 25.7 Å². The average Bonchev–Trinajstić information content (AvgIpc) is 2.29. The van der Waals surface area contributed by atoms with Gasteiger partial charge in [0.25, 0.3) is 0 Å². The molecule has 0 bridgehead atoms. The molecule has 0 amide bonds. The predicted molar refractivity (Wildman–Crippen MR) is 72.9 cm³/mol. The second-order valence-corrected chi connectivity index (χ2v) is 6.17. The molecular weight excluding hydrogens is 212 g/mol. The van der Waals surface area contributed by atoms with E-state index >= 15 is 0 Å². The summed E-state index contributed by atoms with van der Waals surface area (Å²) in [6.07, 6.45) is 3.70. The molecule has 3 atom stereocenters. The Kier molecular flexibility index (Phi) is 5.42. The molecule has 1 aliphatic rings. The van der Waals surface area contributed by atoms with Gasteiger partial charge in [0.15, 0.2) is 0 Å². The number of hydrogen-bond donors (Lipinski definition) is 2. The van der Waals surface area contributed by atoms with Crippen LogP contribution in [-0.2, 0) is 0 Å². The van der Waals surface area contributed by atoms with Crippen molar-refractivity contribution in [3.05, 3.63) is 0 Å². The van der Waals surface area contributed by atoms with Gasteiger partial charge < -0.3 is 10.8 Å². The Labute approximate surface area is 106 Å². The highest BCUT2D eigenvalue weighted by Crippen LogP contribution is 2.27. The van der Waals surface area contributed by atoms with Gasteiger partial charge in [0.1, 0.15) is 0 Å². The molecule has 1 aliphatic heterocycles. The highest BCUT2D eigenvalue weighted by atomic mass is 16.3. The van der Waals surface area contributed by atoms with Gasteiger partial charge in [0.2, 0.25) is 0 Å². The first-order valence-corrected chi connectivity index (χ1v) is 7.07. The molecule has 0 aliphatic carbocycles. The standard InChI is InChI=1S/C14H30N2O/c1-5-12-6-7-16(13(8-12)9-15)10-14(4,17)11(2)3/h11-13,17H,5-10,15H2,1-4H3. The fourth-order valence-electron chi connectivity index (χ4n) is 2.60. The van der Waals surface area contributed by atoms with Crippen molar-refractivity contribution in [2.75, 3.05) is 19.6 Å². The lowest BCUT2D eigenvalue weighted by atomic mass is 9.86. The Morgan fingerprint density at radius 3 is 2.59 bits per heavy atom. The number of nitrogens with two attached hydrogens (primary N) is 1. The molecule has 3 nitrogen and oxygen atoms in total. The normalized spacial score (nSPS) is 30.5. The van der Waals surface area contributed by atoms with Crippen LogP contribution < -0.4 is 5.73 Å². The highest BCUT2D eigenvalue weighted by Gasteiger charge is 2.33. The molecule has 0 aromatic carbocycles. The third-order valence-electron chi connectivity index (χ3n) is 4.56. The molecule has 1 fully saturated rings. The van der Waals surface area contributed by atoms with Crippen molar-refractivity contribution in [2.24, 2.45) is 17.6 Å². The van der Waals surface area contributed by atoms with Crippen LogP contribution in [0.4, 0.5) is 0 Å². The minimum atomic E-state index is -0.605. The minimum Gasteiger partial charge on any atom is -0.389 e. The second-order valence-electron chi connectivity index (χ2n) is 6.17. The van der Waals surface area contributed by atoms with Crippen molar-refractivity contribution in [1.29, 1.82) is 0 Å². The first kappa shape index (κ1) is 14.9. The van der Waals surface area contributed by atoms with Gasteiger partial charge in [-0.15, -0.1) is 0 Å². The van der Waals surface area contributed by atoms with Crippen LogP contribution in [0.5, 0.6) is 0 Å². The van der Waals surface area contributed by atoms with Crippen LogP contribution >= 0.6 is 0 Å². The van der Waals surface area contributed by atoms with E-state index in [-0.39, 0.29) is 5.92 Å². The van der Waals surface area contributed by atoms with Crippen LogP contribution in [0.25, 0.3) is 0 Å². The van der Waals surface area contributed by atoms with Gasteiger partial charge in [-0.3, -0.25) is 4.90 Å². The molecule has 1 heterocycles. The zero-order chi connectivity index (χ0) is 13.1. The molecule has 3 unspecified atom stereocenters. The lowest BCUT2D eigenvalue weighted by Crippen LogP contribution is -2.53. The quantitative estimate of drug-likeness (QED) is 0.773. The SMILES string of the molecule is CCC1CCN(CC(C)(O)C(C)C)C(CN)C1. The first-order valence-electron chi connectivity index (χ1n) is 7.07. The number of β-amino-alcohol motifs (C(OH)–C–C–N with tert-alkyl or cyclic N) is 1. The molecule has 0 saturated carbocycles. The van der Waals surface area contributed by atoms with E-state index in [1.165, 1.54) is 19.3 Å². The van der Waals surface area contributed by atoms with Crippen LogP contribution in [0.15, 0.2) is 0 Å². The Morgan fingerprint density at radius 1 is 1.47 bits per heavy atom. The zero-order valence-electron chi connectivity index (χ0n) is 11.9. The Hall–Kier alpha value is -0.120. The Morgan fingerprint density at radius 2 is 2.12 bits per heavy atom. The largest absolute Gasteiger partial charge is 0.389 e. The van der Waals surface area contributed by atoms with E-state index in [4.69, 9.17) is 5.73 Å². The fraction of sp³-hybridized carbons (Fsp3) is 1.00. The van der Waals surface area contributed by atoms with Crippen molar-refractivity contribution in [3.63, 3.8) is 0 Å². The van der Waals surface area contributed by atoms with Gasteiger partial charge >= 0.3 is 0 Å². The van der Waals surface area contributed by atoms with Crippen LogP contribution in [0.3, 0.4) is 0 Å². The Bertz CT molecular complexity index is 228. The molecular formula is C14H30N2O. The topological polar surface area (TPSA) is 49.5 Å². The number of nitrogens with zero attached hydrogens (tertiary/aromatic N) is 1. The van der Waals surface area contributed by atoms with E-state index in [1.54, 1.807) is 0 Å². The molecule has 1 rings (SSSR count). The first-order chi connectivity index (χ1) is 7.90.